The topological polar surface area (TPSA) is 50.9 Å². The fourth-order valence-electron chi connectivity index (χ4n) is 0.100. The largest absolute Gasteiger partial charge is 0.304 e. The highest BCUT2D eigenvalue weighted by Gasteiger charge is 1.99. The normalized spacial score (nSPS) is 8.38. The minimum Gasteiger partial charge on any atom is -0.304 e. The molecule has 0 atom stereocenters. The summed E-state index contributed by atoms with van der Waals surface area (Å²) >= 11 is 7.30. The Balaban J connectivity index is 3.83. The Morgan fingerprint density at radius 3 is 1.50 bits per heavy atom. The lowest BCUT2D eigenvalue weighted by Crippen LogP contribution is -2.24. The summed E-state index contributed by atoms with van der Waals surface area (Å²) in [5, 5.41) is 13.7. The lowest BCUT2D eigenvalue weighted by Gasteiger charge is -2.11. The number of rotatable bonds is 0. The molecule has 0 aromatic rings. The molecule has 5 heteroatoms. The van der Waals surface area contributed by atoms with Crippen LogP contribution < -0.4 is 0 Å². The van der Waals surface area contributed by atoms with Crippen LogP contribution in [0.25, 0.3) is 0 Å². The van der Waals surface area contributed by atoms with E-state index in [0.717, 1.165) is 0 Å². The van der Waals surface area contributed by atoms with Crippen LogP contribution in [0.5, 0.6) is 0 Å². The molecule has 0 aromatic heterocycles. The van der Waals surface area contributed by atoms with E-state index in [4.69, 9.17) is 10.8 Å². The fourth-order valence-corrected chi connectivity index (χ4v) is 0.379. The summed E-state index contributed by atoms with van der Waals surface area (Å²) in [5.74, 6) is 0. The van der Waals surface area contributed by atoms with Gasteiger partial charge < -0.3 is 4.90 Å². The second-order valence-electron chi connectivity index (χ2n) is 1.21. The Labute approximate surface area is 58.9 Å². The van der Waals surface area contributed by atoms with Crippen LogP contribution in [0.4, 0.5) is 0 Å². The van der Waals surface area contributed by atoms with Crippen molar-refractivity contribution in [2.75, 3.05) is 7.05 Å². The molecule has 0 heterocycles. The predicted molar refractivity (Wildman–Crippen MR) is 41.2 cm³/mol. The van der Waals surface area contributed by atoms with Gasteiger partial charge in [-0.15, -0.1) is 25.3 Å². The maximum Gasteiger partial charge on any atom is 0.159 e. The third-order valence-corrected chi connectivity index (χ3v) is 1.24. The van der Waals surface area contributed by atoms with Gasteiger partial charge in [0.2, 0.25) is 0 Å². The van der Waals surface area contributed by atoms with Gasteiger partial charge >= 0.3 is 0 Å². The number of hydrogen-bond acceptors (Lipinski definition) is 2. The molecule has 0 rings (SSSR count). The molecule has 0 unspecified atom stereocenters. The highest BCUT2D eigenvalue weighted by Crippen LogP contribution is 1.92. The van der Waals surface area contributed by atoms with E-state index in [9.17, 15) is 0 Å². The molecule has 3 nitrogen and oxygen atoms in total. The van der Waals surface area contributed by atoms with Crippen LogP contribution in [-0.4, -0.2) is 22.3 Å². The molecule has 2 N–H and O–H groups in total. The van der Waals surface area contributed by atoms with Crippen LogP contribution in [-0.2, 0) is 0 Å². The van der Waals surface area contributed by atoms with Gasteiger partial charge in [0.05, 0.1) is 0 Å². The summed E-state index contributed by atoms with van der Waals surface area (Å²) in [4.78, 5) is 1.23. The van der Waals surface area contributed by atoms with Gasteiger partial charge in [-0.25, -0.2) is 0 Å². The molecule has 0 aliphatic rings. The Kier molecular flexibility index (Phi) is 2.93. The lowest BCUT2D eigenvalue weighted by atomic mass is 10.9. The van der Waals surface area contributed by atoms with Crippen molar-refractivity contribution in [3.05, 3.63) is 0 Å². The molecule has 0 fully saturated rings. The first-order chi connectivity index (χ1) is 3.55. The molecule has 0 amide bonds. The SMILES string of the molecule is CN(C(=N)S)C(=N)S. The number of nitrogens with zero attached hydrogens (tertiary/aromatic N) is 1. The molecule has 0 saturated carbocycles. The first-order valence-corrected chi connectivity index (χ1v) is 2.74. The monoisotopic (exact) mass is 149 g/mol. The molecule has 0 aliphatic heterocycles. The summed E-state index contributed by atoms with van der Waals surface area (Å²) < 4.78 is 0. The van der Waals surface area contributed by atoms with Crippen molar-refractivity contribution in [1.82, 2.24) is 4.90 Å². The van der Waals surface area contributed by atoms with Gasteiger partial charge in [0.15, 0.2) is 10.3 Å². The maximum absolute atomic E-state index is 6.83. The smallest absolute Gasteiger partial charge is 0.159 e. The van der Waals surface area contributed by atoms with Gasteiger partial charge in [0.25, 0.3) is 0 Å². The molecule has 0 aliphatic carbocycles. The van der Waals surface area contributed by atoms with Crippen LogP contribution in [0.15, 0.2) is 0 Å². The van der Waals surface area contributed by atoms with Crippen molar-refractivity contribution in [3.8, 4) is 0 Å². The van der Waals surface area contributed by atoms with Gasteiger partial charge in [-0.3, -0.25) is 10.8 Å². The highest BCUT2D eigenvalue weighted by molar-refractivity contribution is 7.98. The van der Waals surface area contributed by atoms with E-state index in [1.807, 2.05) is 0 Å². The minimum atomic E-state index is 0.0185. The average Bonchev–Trinajstić information content (AvgIpc) is 1.64. The van der Waals surface area contributed by atoms with Crippen LogP contribution in [0, 0.1) is 10.8 Å². The van der Waals surface area contributed by atoms with Crippen molar-refractivity contribution in [2.24, 2.45) is 0 Å². The Hall–Kier alpha value is -0.160. The molecule has 0 aromatic carbocycles. The molecule has 0 radical (unpaired) electrons. The Bertz CT molecular complexity index is 108. The zero-order chi connectivity index (χ0) is 6.73. The third kappa shape index (κ3) is 2.23. The average molecular weight is 149 g/mol. The number of thiol groups is 2. The lowest BCUT2D eigenvalue weighted by molar-refractivity contribution is 0.775. The fraction of sp³-hybridized carbons (Fsp3) is 0.333. The van der Waals surface area contributed by atoms with Crippen LogP contribution in [0.3, 0.4) is 0 Å². The van der Waals surface area contributed by atoms with E-state index in [1.165, 1.54) is 4.90 Å². The van der Waals surface area contributed by atoms with Gasteiger partial charge in [0, 0.05) is 7.05 Å². The second-order valence-corrected chi connectivity index (χ2v) is 2.05. The maximum atomic E-state index is 6.83. The highest BCUT2D eigenvalue weighted by atomic mass is 32.1. The first kappa shape index (κ1) is 7.84. The van der Waals surface area contributed by atoms with Gasteiger partial charge in [0.1, 0.15) is 0 Å². The van der Waals surface area contributed by atoms with Gasteiger partial charge in [-0.1, -0.05) is 0 Å². The van der Waals surface area contributed by atoms with Crippen LogP contribution in [0.1, 0.15) is 0 Å². The quantitative estimate of drug-likeness (QED) is 0.228. The zero-order valence-corrected chi connectivity index (χ0v) is 6.13. The van der Waals surface area contributed by atoms with Crippen molar-refractivity contribution in [3.63, 3.8) is 0 Å². The summed E-state index contributed by atoms with van der Waals surface area (Å²) in [6, 6.07) is 0. The third-order valence-electron chi connectivity index (χ3n) is 0.635. The van der Waals surface area contributed by atoms with Crippen molar-refractivity contribution >= 4 is 35.6 Å². The van der Waals surface area contributed by atoms with E-state index >= 15 is 0 Å². The molecule has 0 spiro atoms. The minimum absolute atomic E-state index is 0.0185. The second kappa shape index (κ2) is 2.99. The molecular weight excluding hydrogens is 142 g/mol. The number of amidine groups is 2. The van der Waals surface area contributed by atoms with Gasteiger partial charge in [-0.2, -0.15) is 0 Å². The van der Waals surface area contributed by atoms with Crippen LogP contribution in [0.2, 0.25) is 0 Å². The summed E-state index contributed by atoms with van der Waals surface area (Å²) in [6.45, 7) is 0. The standard InChI is InChI=1S/C3H7N3S2/c1-6(2(4)7)3(5)8/h1H3,(H2,4,7)(H2,5,8). The molecule has 8 heavy (non-hydrogen) atoms. The van der Waals surface area contributed by atoms with E-state index < -0.39 is 0 Å². The molecule has 0 saturated heterocycles. The predicted octanol–water partition coefficient (Wildman–Crippen LogP) is 0.647. The van der Waals surface area contributed by atoms with Crippen LogP contribution >= 0.6 is 25.3 Å². The summed E-state index contributed by atoms with van der Waals surface area (Å²) in [6.07, 6.45) is 0. The number of hydrogen-bond donors (Lipinski definition) is 4. The molecule has 46 valence electrons. The van der Waals surface area contributed by atoms with E-state index in [1.54, 1.807) is 7.05 Å². The summed E-state index contributed by atoms with van der Waals surface area (Å²) in [5.41, 5.74) is 0. The Morgan fingerprint density at radius 1 is 1.25 bits per heavy atom. The van der Waals surface area contributed by atoms with Crippen molar-refractivity contribution in [2.45, 2.75) is 0 Å². The zero-order valence-electron chi connectivity index (χ0n) is 4.34. The van der Waals surface area contributed by atoms with E-state index in [2.05, 4.69) is 25.3 Å². The van der Waals surface area contributed by atoms with E-state index in [-0.39, 0.29) is 10.3 Å². The Morgan fingerprint density at radius 2 is 1.50 bits per heavy atom. The number of nitrogens with one attached hydrogen (secondary N) is 2. The van der Waals surface area contributed by atoms with E-state index in [0.29, 0.717) is 0 Å². The van der Waals surface area contributed by atoms with Crippen molar-refractivity contribution < 1.29 is 0 Å². The molecular formula is C3H7N3S2. The first-order valence-electron chi connectivity index (χ1n) is 1.84. The van der Waals surface area contributed by atoms with Gasteiger partial charge in [-0.05, 0) is 0 Å². The van der Waals surface area contributed by atoms with Crippen molar-refractivity contribution in [1.29, 1.82) is 10.8 Å². The summed E-state index contributed by atoms with van der Waals surface area (Å²) in [7, 11) is 1.55. The molecule has 0 bridgehead atoms.